The standard InChI is InChI=1S/C21H17F2NO3S/c1-12-2-4-13(5-3-12)20-24-15(11-28-20)9-16(25)10-17(21(26)27)14-6-7-18(22)19(23)8-14/h2-8,11,17H,9-10H2,1H3,(H,26,27). The Labute approximate surface area is 164 Å². The smallest absolute Gasteiger partial charge is 0.311 e. The van der Waals surface area contributed by atoms with Crippen molar-refractivity contribution in [3.63, 3.8) is 0 Å². The van der Waals surface area contributed by atoms with Crippen LogP contribution in [0.1, 0.15) is 29.2 Å². The molecule has 3 aromatic rings. The number of nitrogens with zero attached hydrogens (tertiary/aromatic N) is 1. The zero-order valence-electron chi connectivity index (χ0n) is 15.0. The minimum Gasteiger partial charge on any atom is -0.481 e. The van der Waals surface area contributed by atoms with Gasteiger partial charge in [-0.1, -0.05) is 35.9 Å². The number of rotatable bonds is 7. The third-order valence-electron chi connectivity index (χ3n) is 4.30. The second-order valence-corrected chi connectivity index (χ2v) is 7.35. The number of aromatic nitrogens is 1. The molecule has 2 aromatic carbocycles. The van der Waals surface area contributed by atoms with Gasteiger partial charge in [-0.3, -0.25) is 9.59 Å². The summed E-state index contributed by atoms with van der Waals surface area (Å²) in [6.45, 7) is 1.99. The average molecular weight is 401 g/mol. The Hall–Kier alpha value is -2.93. The lowest BCUT2D eigenvalue weighted by Gasteiger charge is -2.12. The normalized spacial score (nSPS) is 12.0. The molecule has 0 fully saturated rings. The molecule has 28 heavy (non-hydrogen) atoms. The maximum atomic E-state index is 13.4. The second-order valence-electron chi connectivity index (χ2n) is 6.49. The Kier molecular flexibility index (Phi) is 5.94. The van der Waals surface area contributed by atoms with Crippen LogP contribution in [0.3, 0.4) is 0 Å². The number of benzene rings is 2. The van der Waals surface area contributed by atoms with Crippen molar-refractivity contribution in [1.29, 1.82) is 0 Å². The molecule has 7 heteroatoms. The van der Waals surface area contributed by atoms with Gasteiger partial charge in [-0.05, 0) is 24.6 Å². The van der Waals surface area contributed by atoms with E-state index in [0.717, 1.165) is 28.3 Å². The Balaban J connectivity index is 1.70. The fraction of sp³-hybridized carbons (Fsp3) is 0.190. The molecule has 0 aliphatic heterocycles. The largest absolute Gasteiger partial charge is 0.481 e. The molecule has 3 rings (SSSR count). The van der Waals surface area contributed by atoms with Crippen molar-refractivity contribution >= 4 is 23.1 Å². The summed E-state index contributed by atoms with van der Waals surface area (Å²) in [4.78, 5) is 28.3. The number of halogens is 2. The number of carboxylic acid groups (broad SMARTS) is 1. The van der Waals surface area contributed by atoms with Crippen LogP contribution in [0.4, 0.5) is 8.78 Å². The van der Waals surface area contributed by atoms with Gasteiger partial charge in [0.2, 0.25) is 0 Å². The summed E-state index contributed by atoms with van der Waals surface area (Å²) in [5.41, 5.74) is 2.69. The molecule has 4 nitrogen and oxygen atoms in total. The van der Waals surface area contributed by atoms with Gasteiger partial charge in [-0.2, -0.15) is 0 Å². The predicted molar refractivity (Wildman–Crippen MR) is 102 cm³/mol. The number of carbonyl (C=O) groups excluding carboxylic acids is 1. The van der Waals surface area contributed by atoms with Crippen LogP contribution in [0, 0.1) is 18.6 Å². The lowest BCUT2D eigenvalue weighted by molar-refractivity contribution is -0.140. The van der Waals surface area contributed by atoms with Crippen LogP contribution in [0.2, 0.25) is 0 Å². The molecule has 0 saturated heterocycles. The molecule has 144 valence electrons. The fourth-order valence-electron chi connectivity index (χ4n) is 2.80. The van der Waals surface area contributed by atoms with E-state index in [9.17, 15) is 23.5 Å². The van der Waals surface area contributed by atoms with Gasteiger partial charge in [0.05, 0.1) is 11.6 Å². The van der Waals surface area contributed by atoms with E-state index in [4.69, 9.17) is 0 Å². The summed E-state index contributed by atoms with van der Waals surface area (Å²) in [6.07, 6.45) is -0.340. The molecule has 0 amide bonds. The van der Waals surface area contributed by atoms with Crippen LogP contribution in [0.5, 0.6) is 0 Å². The molecule has 0 spiro atoms. The topological polar surface area (TPSA) is 67.3 Å². The van der Waals surface area contributed by atoms with Crippen molar-refractivity contribution < 1.29 is 23.5 Å². The molecule has 1 atom stereocenters. The van der Waals surface area contributed by atoms with Crippen molar-refractivity contribution in [1.82, 2.24) is 4.98 Å². The van der Waals surface area contributed by atoms with Crippen molar-refractivity contribution in [2.24, 2.45) is 0 Å². The number of carboxylic acids is 1. The minimum atomic E-state index is -1.27. The van der Waals surface area contributed by atoms with Gasteiger partial charge in [0.15, 0.2) is 11.6 Å². The number of hydrogen-bond acceptors (Lipinski definition) is 4. The van der Waals surface area contributed by atoms with Gasteiger partial charge in [-0.25, -0.2) is 13.8 Å². The number of hydrogen-bond donors (Lipinski definition) is 1. The molecule has 1 heterocycles. The van der Waals surface area contributed by atoms with Crippen LogP contribution in [0.15, 0.2) is 47.8 Å². The van der Waals surface area contributed by atoms with Gasteiger partial charge < -0.3 is 5.11 Å². The van der Waals surface area contributed by atoms with E-state index in [-0.39, 0.29) is 24.2 Å². The Bertz CT molecular complexity index is 1010. The predicted octanol–water partition coefficient (Wildman–Crippen LogP) is 4.77. The monoisotopic (exact) mass is 401 g/mol. The Morgan fingerprint density at radius 2 is 1.82 bits per heavy atom. The second kappa shape index (κ2) is 8.39. The van der Waals surface area contributed by atoms with Gasteiger partial charge in [0.1, 0.15) is 10.8 Å². The first-order chi connectivity index (χ1) is 13.3. The van der Waals surface area contributed by atoms with E-state index in [0.29, 0.717) is 5.69 Å². The number of thiazole rings is 1. The number of Topliss-reactive ketones (excluding diaryl/α,β-unsaturated/α-hetero) is 1. The number of ketones is 1. The summed E-state index contributed by atoms with van der Waals surface area (Å²) in [5, 5.41) is 11.9. The summed E-state index contributed by atoms with van der Waals surface area (Å²) in [6, 6.07) is 10.7. The van der Waals surface area contributed by atoms with E-state index in [2.05, 4.69) is 4.98 Å². The highest BCUT2D eigenvalue weighted by Gasteiger charge is 2.25. The molecule has 0 radical (unpaired) electrons. The molecule has 1 N–H and O–H groups in total. The third-order valence-corrected chi connectivity index (χ3v) is 5.24. The Morgan fingerprint density at radius 3 is 2.46 bits per heavy atom. The van der Waals surface area contributed by atoms with Gasteiger partial charge in [-0.15, -0.1) is 11.3 Å². The summed E-state index contributed by atoms with van der Waals surface area (Å²) >= 11 is 1.40. The van der Waals surface area contributed by atoms with E-state index in [1.807, 2.05) is 31.2 Å². The maximum Gasteiger partial charge on any atom is 0.311 e. The number of carbonyl (C=O) groups is 2. The van der Waals surface area contributed by atoms with Crippen LogP contribution in [-0.2, 0) is 16.0 Å². The zero-order valence-corrected chi connectivity index (χ0v) is 15.8. The highest BCUT2D eigenvalue weighted by molar-refractivity contribution is 7.13. The first kappa shape index (κ1) is 19.8. The highest BCUT2D eigenvalue weighted by atomic mass is 32.1. The molecule has 1 unspecified atom stereocenters. The van der Waals surface area contributed by atoms with Crippen LogP contribution in [0.25, 0.3) is 10.6 Å². The molecule has 0 saturated carbocycles. The van der Waals surface area contributed by atoms with Crippen LogP contribution >= 0.6 is 11.3 Å². The van der Waals surface area contributed by atoms with E-state index < -0.39 is 23.5 Å². The van der Waals surface area contributed by atoms with Crippen molar-refractivity contribution in [3.8, 4) is 10.6 Å². The summed E-state index contributed by atoms with van der Waals surface area (Å²) < 4.78 is 26.5. The molecule has 0 bridgehead atoms. The van der Waals surface area contributed by atoms with Gasteiger partial charge in [0, 0.05) is 23.8 Å². The molecular weight excluding hydrogens is 384 g/mol. The zero-order chi connectivity index (χ0) is 20.3. The van der Waals surface area contributed by atoms with Crippen LogP contribution < -0.4 is 0 Å². The summed E-state index contributed by atoms with van der Waals surface area (Å²) in [5.74, 6) is -5.04. The van der Waals surface area contributed by atoms with Gasteiger partial charge in [0.25, 0.3) is 0 Å². The lowest BCUT2D eigenvalue weighted by Crippen LogP contribution is -2.18. The van der Waals surface area contributed by atoms with Gasteiger partial charge >= 0.3 is 5.97 Å². The Morgan fingerprint density at radius 1 is 1.11 bits per heavy atom. The van der Waals surface area contributed by atoms with E-state index >= 15 is 0 Å². The first-order valence-electron chi connectivity index (χ1n) is 8.54. The lowest BCUT2D eigenvalue weighted by atomic mass is 9.92. The SMILES string of the molecule is Cc1ccc(-c2nc(CC(=O)CC(C(=O)O)c3ccc(F)c(F)c3)cs2)cc1. The molecule has 0 aliphatic carbocycles. The van der Waals surface area contributed by atoms with Crippen LogP contribution in [-0.4, -0.2) is 21.8 Å². The molecular formula is C21H17F2NO3S. The summed E-state index contributed by atoms with van der Waals surface area (Å²) in [7, 11) is 0. The van der Waals surface area contributed by atoms with Crippen molar-refractivity contribution in [2.45, 2.75) is 25.7 Å². The fourth-order valence-corrected chi connectivity index (χ4v) is 3.62. The van der Waals surface area contributed by atoms with E-state index in [1.54, 1.807) is 5.38 Å². The van der Waals surface area contributed by atoms with E-state index in [1.165, 1.54) is 17.4 Å². The van der Waals surface area contributed by atoms with Crippen molar-refractivity contribution in [2.75, 3.05) is 0 Å². The number of aryl methyl sites for hydroxylation is 1. The minimum absolute atomic E-state index is 0.0180. The number of aliphatic carboxylic acids is 1. The highest BCUT2D eigenvalue weighted by Crippen LogP contribution is 2.26. The average Bonchev–Trinajstić information content (AvgIpc) is 3.11. The molecule has 1 aromatic heterocycles. The first-order valence-corrected chi connectivity index (χ1v) is 9.42. The third kappa shape index (κ3) is 4.67. The quantitative estimate of drug-likeness (QED) is 0.619. The molecule has 0 aliphatic rings. The maximum absolute atomic E-state index is 13.4. The van der Waals surface area contributed by atoms with Crippen molar-refractivity contribution in [3.05, 3.63) is 76.3 Å².